The van der Waals surface area contributed by atoms with E-state index in [-0.39, 0.29) is 0 Å². The maximum Gasteiger partial charge on any atom is 0.328 e. The highest BCUT2D eigenvalue weighted by Crippen LogP contribution is 2.21. The van der Waals surface area contributed by atoms with Gasteiger partial charge in [-0.1, -0.05) is 26.7 Å². The van der Waals surface area contributed by atoms with Gasteiger partial charge in [-0.2, -0.15) is 5.10 Å². The Kier molecular flexibility index (Phi) is 4.99. The van der Waals surface area contributed by atoms with Crippen molar-refractivity contribution in [3.8, 4) is 0 Å². The third-order valence-electron chi connectivity index (χ3n) is 2.41. The van der Waals surface area contributed by atoms with Crippen molar-refractivity contribution in [3.05, 3.63) is 16.4 Å². The summed E-state index contributed by atoms with van der Waals surface area (Å²) < 4.78 is 2.46. The van der Waals surface area contributed by atoms with Crippen molar-refractivity contribution in [3.63, 3.8) is 0 Å². The van der Waals surface area contributed by atoms with Crippen molar-refractivity contribution in [2.75, 3.05) is 0 Å². The average Bonchev–Trinajstić information content (AvgIpc) is 2.57. The number of carboxylic acid groups (broad SMARTS) is 1. The third kappa shape index (κ3) is 3.07. The molecule has 4 nitrogen and oxygen atoms in total. The number of rotatable bonds is 6. The Morgan fingerprint density at radius 2 is 2.25 bits per heavy atom. The van der Waals surface area contributed by atoms with Crippen LogP contribution in [0.25, 0.3) is 0 Å². The average molecular weight is 289 g/mol. The van der Waals surface area contributed by atoms with Crippen LogP contribution in [-0.4, -0.2) is 20.9 Å². The number of aliphatic carboxylic acids is 1. The van der Waals surface area contributed by atoms with E-state index in [1.807, 2.05) is 6.92 Å². The van der Waals surface area contributed by atoms with Gasteiger partial charge in [0.15, 0.2) is 0 Å². The molecule has 1 atom stereocenters. The quantitative estimate of drug-likeness (QED) is 0.875. The fourth-order valence-corrected chi connectivity index (χ4v) is 2.10. The molecular formula is C11H17BrN2O2. The minimum atomic E-state index is -0.820. The maximum absolute atomic E-state index is 11.1. The largest absolute Gasteiger partial charge is 0.480 e. The molecule has 1 aromatic heterocycles. The first-order valence-corrected chi connectivity index (χ1v) is 6.35. The summed E-state index contributed by atoms with van der Waals surface area (Å²) in [4.78, 5) is 11.1. The Bertz CT molecular complexity index is 363. The van der Waals surface area contributed by atoms with Crippen molar-refractivity contribution in [2.45, 2.75) is 45.6 Å². The van der Waals surface area contributed by atoms with E-state index in [1.54, 1.807) is 10.9 Å². The Labute approximate surface area is 104 Å². The molecule has 1 N–H and O–H groups in total. The molecule has 1 heterocycles. The molecule has 0 aliphatic carbocycles. The lowest BCUT2D eigenvalue weighted by molar-refractivity contribution is -0.141. The monoisotopic (exact) mass is 288 g/mol. The molecule has 90 valence electrons. The SMILES string of the molecule is CCCc1nn(C(CCC)C(=O)O)cc1Br. The molecule has 0 aliphatic rings. The van der Waals surface area contributed by atoms with E-state index in [2.05, 4.69) is 28.0 Å². The molecule has 0 bridgehead atoms. The van der Waals surface area contributed by atoms with Gasteiger partial charge in [-0.05, 0) is 28.8 Å². The lowest BCUT2D eigenvalue weighted by Crippen LogP contribution is -2.19. The first-order valence-electron chi connectivity index (χ1n) is 5.56. The second kappa shape index (κ2) is 6.03. The van der Waals surface area contributed by atoms with Gasteiger partial charge in [0.05, 0.1) is 10.2 Å². The Balaban J connectivity index is 2.92. The van der Waals surface area contributed by atoms with Gasteiger partial charge >= 0.3 is 5.97 Å². The fraction of sp³-hybridized carbons (Fsp3) is 0.636. The van der Waals surface area contributed by atoms with E-state index in [1.165, 1.54) is 0 Å². The second-order valence-corrected chi connectivity index (χ2v) is 4.65. The van der Waals surface area contributed by atoms with Crippen LogP contribution in [0.2, 0.25) is 0 Å². The Hall–Kier alpha value is -0.840. The number of hydrogen-bond donors (Lipinski definition) is 1. The normalized spacial score (nSPS) is 12.7. The molecule has 16 heavy (non-hydrogen) atoms. The van der Waals surface area contributed by atoms with E-state index < -0.39 is 12.0 Å². The summed E-state index contributed by atoms with van der Waals surface area (Å²) in [5.74, 6) is -0.820. The minimum absolute atomic E-state index is 0.549. The zero-order chi connectivity index (χ0) is 12.1. The molecule has 1 aromatic rings. The number of aryl methyl sites for hydroxylation is 1. The van der Waals surface area contributed by atoms with Crippen molar-refractivity contribution >= 4 is 21.9 Å². The maximum atomic E-state index is 11.1. The molecule has 1 unspecified atom stereocenters. The first-order chi connectivity index (χ1) is 7.60. The van der Waals surface area contributed by atoms with E-state index >= 15 is 0 Å². The van der Waals surface area contributed by atoms with Crippen LogP contribution in [0.5, 0.6) is 0 Å². The number of carboxylic acids is 1. The van der Waals surface area contributed by atoms with Crippen LogP contribution in [0.4, 0.5) is 0 Å². The summed E-state index contributed by atoms with van der Waals surface area (Å²) in [6.45, 7) is 4.05. The zero-order valence-corrected chi connectivity index (χ0v) is 11.2. The molecule has 0 aromatic carbocycles. The first kappa shape index (κ1) is 13.2. The molecule has 0 aliphatic heterocycles. The van der Waals surface area contributed by atoms with Crippen molar-refractivity contribution in [1.29, 1.82) is 0 Å². The molecule has 1 rings (SSSR count). The van der Waals surface area contributed by atoms with Gasteiger partial charge in [0.1, 0.15) is 6.04 Å². The number of hydrogen-bond acceptors (Lipinski definition) is 2. The van der Waals surface area contributed by atoms with E-state index in [0.717, 1.165) is 29.4 Å². The number of halogens is 1. The highest BCUT2D eigenvalue weighted by Gasteiger charge is 2.20. The molecule has 0 amide bonds. The predicted molar refractivity (Wildman–Crippen MR) is 65.5 cm³/mol. The number of nitrogens with zero attached hydrogens (tertiary/aromatic N) is 2. The lowest BCUT2D eigenvalue weighted by Gasteiger charge is -2.11. The highest BCUT2D eigenvalue weighted by atomic mass is 79.9. The summed E-state index contributed by atoms with van der Waals surface area (Å²) in [5, 5.41) is 13.4. The zero-order valence-electron chi connectivity index (χ0n) is 9.61. The van der Waals surface area contributed by atoms with Crippen molar-refractivity contribution < 1.29 is 9.90 Å². The van der Waals surface area contributed by atoms with E-state index in [4.69, 9.17) is 5.11 Å². The lowest BCUT2D eigenvalue weighted by atomic mass is 10.2. The molecule has 0 saturated heterocycles. The van der Waals surface area contributed by atoms with Gasteiger partial charge in [-0.3, -0.25) is 4.68 Å². The molecule has 0 spiro atoms. The summed E-state index contributed by atoms with van der Waals surface area (Å²) >= 11 is 3.41. The summed E-state index contributed by atoms with van der Waals surface area (Å²) in [6.07, 6.45) is 5.07. The van der Waals surface area contributed by atoms with Crippen molar-refractivity contribution in [2.24, 2.45) is 0 Å². The second-order valence-electron chi connectivity index (χ2n) is 3.80. The van der Waals surface area contributed by atoms with Crippen LogP contribution >= 0.6 is 15.9 Å². The van der Waals surface area contributed by atoms with Gasteiger partial charge in [-0.25, -0.2) is 4.79 Å². The van der Waals surface area contributed by atoms with Crippen LogP contribution in [0.15, 0.2) is 10.7 Å². The smallest absolute Gasteiger partial charge is 0.328 e. The molecule has 0 fully saturated rings. The predicted octanol–water partition coefficient (Wildman–Crippen LogP) is 3.02. The van der Waals surface area contributed by atoms with Gasteiger partial charge in [-0.15, -0.1) is 0 Å². The van der Waals surface area contributed by atoms with Crippen LogP contribution < -0.4 is 0 Å². The van der Waals surface area contributed by atoms with Gasteiger partial charge < -0.3 is 5.11 Å². The van der Waals surface area contributed by atoms with E-state index in [0.29, 0.717) is 6.42 Å². The topological polar surface area (TPSA) is 55.1 Å². The van der Waals surface area contributed by atoms with Crippen LogP contribution in [0.1, 0.15) is 44.8 Å². The van der Waals surface area contributed by atoms with Crippen LogP contribution in [-0.2, 0) is 11.2 Å². The fourth-order valence-electron chi connectivity index (χ4n) is 1.61. The molecule has 5 heteroatoms. The van der Waals surface area contributed by atoms with Gasteiger partial charge in [0, 0.05) is 6.20 Å². The number of carbonyl (C=O) groups is 1. The molecule has 0 saturated carbocycles. The van der Waals surface area contributed by atoms with E-state index in [9.17, 15) is 4.79 Å². The van der Waals surface area contributed by atoms with Crippen LogP contribution in [0.3, 0.4) is 0 Å². The summed E-state index contributed by atoms with van der Waals surface area (Å²) in [5.41, 5.74) is 0.935. The highest BCUT2D eigenvalue weighted by molar-refractivity contribution is 9.10. The van der Waals surface area contributed by atoms with Crippen molar-refractivity contribution in [1.82, 2.24) is 9.78 Å². The van der Waals surface area contributed by atoms with Crippen LogP contribution in [0, 0.1) is 0 Å². The van der Waals surface area contributed by atoms with Gasteiger partial charge in [0.25, 0.3) is 0 Å². The number of aromatic nitrogens is 2. The summed E-state index contributed by atoms with van der Waals surface area (Å²) in [7, 11) is 0. The standard InChI is InChI=1S/C11H17BrN2O2/c1-3-5-9-8(12)7-14(13-9)10(6-4-2)11(15)16/h7,10H,3-6H2,1-2H3,(H,15,16). The Morgan fingerprint density at radius 3 is 2.75 bits per heavy atom. The molecule has 0 radical (unpaired) electrons. The minimum Gasteiger partial charge on any atom is -0.480 e. The summed E-state index contributed by atoms with van der Waals surface area (Å²) in [6, 6.07) is -0.549. The Morgan fingerprint density at radius 1 is 1.56 bits per heavy atom. The molecular weight excluding hydrogens is 272 g/mol. The van der Waals surface area contributed by atoms with Gasteiger partial charge in [0.2, 0.25) is 0 Å². The third-order valence-corrected chi connectivity index (χ3v) is 3.07.